The number of morpholine rings is 2. The molecule has 8 aromatic rings. The Morgan fingerprint density at radius 2 is 0.672 bits per heavy atom. The minimum atomic E-state index is -0.610. The molecule has 4 fully saturated rings. The standard InChI is InChI=1S/C24H30N4O3.C23H28N4O2.C23H27N3O2.C22H25N3O3/c1-2-23(29)17-27-24(30)21(16-25)14-18-3-4-20-15-22(6-5-19(20)13-18)26-7-8-28-9-11-31-12-10-28;1-3-22(28)16-25-23(29)20(15-24)13-17-4-5-19-14-21(7-6-18(19)12-17)27-10-8-26(2)9-11-27;1-2-22(27)16-25-23(28)20(15-24)13-17-6-7-19-14-21(9-8-18(19)12-17)26-10-4-3-5-11-26;1-2-21(26)15-24-22(27)19(14-23)12-16-3-4-18-13-20(6-5-17(18)11-16)25-7-9-28-10-8-25/h3-6,13-15,23,26,29H,2,7-12,17H2,1H3,(H,27,30);4-7,12-14,22,28H,3,8-11,16H2,1-2H3,(H,25,29);6-9,12-14,22,27H,2-5,10-11,16H2,1H3,(H,25,28);3-6,11-13,21,26H,2,7-10,15H2,1H3,(H,24,27)/b21-14+;2*20-13+;19-12+. The molecule has 0 saturated carbocycles. The van der Waals surface area contributed by atoms with E-state index < -0.39 is 48.0 Å². The van der Waals surface area contributed by atoms with Gasteiger partial charge in [0, 0.05) is 127 Å². The third-order valence-electron chi connectivity index (χ3n) is 20.8. The molecule has 4 amide bonds. The Labute approximate surface area is 681 Å². The molecule has 24 heteroatoms. The monoisotopic (exact) mass is 1570 g/mol. The van der Waals surface area contributed by atoms with E-state index in [0.717, 1.165) is 176 Å². The van der Waals surface area contributed by atoms with Gasteiger partial charge in [0.05, 0.1) is 50.8 Å². The van der Waals surface area contributed by atoms with Gasteiger partial charge in [-0.1, -0.05) is 100 Å². The number of nitriles is 4. The number of hydrogen-bond donors (Lipinski definition) is 9. The van der Waals surface area contributed by atoms with E-state index in [4.69, 9.17) is 9.47 Å². The van der Waals surface area contributed by atoms with E-state index >= 15 is 0 Å². The maximum Gasteiger partial charge on any atom is 0.262 e. The fourth-order valence-electron chi connectivity index (χ4n) is 13.4. The summed E-state index contributed by atoms with van der Waals surface area (Å²) in [6.45, 7) is 23.0. The second-order valence-electron chi connectivity index (χ2n) is 29.3. The molecule has 4 saturated heterocycles. The van der Waals surface area contributed by atoms with Crippen LogP contribution in [-0.4, -0.2) is 216 Å². The molecule has 0 aromatic heterocycles. The number of fused-ring (bicyclic) bond motifs is 4. The summed E-state index contributed by atoms with van der Waals surface area (Å²) in [5, 5.41) is 98.2. The van der Waals surface area contributed by atoms with Crippen molar-refractivity contribution in [1.82, 2.24) is 31.1 Å². The molecule has 0 spiro atoms. The SMILES string of the molecule is CCC(O)CNC(=O)/C(C#N)=C/c1ccc2cc(N3CCCCC3)ccc2c1.CCC(O)CNC(=O)/C(C#N)=C/c1ccc2cc(N3CCN(C)CC3)ccc2c1.CCC(O)CNC(=O)/C(C#N)=C/c1ccc2cc(N3CCOCC3)ccc2c1.CCC(O)CNC(=O)/C(C#N)=C/c1ccc2cc(NCCN3CCOCC3)ccc2c1. The number of ether oxygens (including phenoxy) is 2. The number of piperidine rings is 1. The summed E-state index contributed by atoms with van der Waals surface area (Å²) >= 11 is 0. The molecule has 0 bridgehead atoms. The largest absolute Gasteiger partial charge is 0.391 e. The van der Waals surface area contributed by atoms with Crippen LogP contribution in [0.25, 0.3) is 67.4 Å². The number of likely N-dealkylation sites (N-methyl/N-ethyl adjacent to an activating group) is 1. The molecular formula is C92H110N14O10. The van der Waals surface area contributed by atoms with E-state index in [9.17, 15) is 60.7 Å². The van der Waals surface area contributed by atoms with Gasteiger partial charge in [0.15, 0.2) is 0 Å². The van der Waals surface area contributed by atoms with Gasteiger partial charge < -0.3 is 76.1 Å². The molecule has 116 heavy (non-hydrogen) atoms. The van der Waals surface area contributed by atoms with Crippen LogP contribution in [0.4, 0.5) is 22.7 Å². The molecule has 9 N–H and O–H groups in total. The van der Waals surface area contributed by atoms with Crippen LogP contribution < -0.4 is 41.3 Å². The van der Waals surface area contributed by atoms with Crippen LogP contribution in [0.3, 0.4) is 0 Å². The van der Waals surface area contributed by atoms with Gasteiger partial charge in [0.25, 0.3) is 23.6 Å². The van der Waals surface area contributed by atoms with Gasteiger partial charge in [-0.25, -0.2) is 0 Å². The van der Waals surface area contributed by atoms with Crippen molar-refractivity contribution in [3.05, 3.63) is 190 Å². The Morgan fingerprint density at radius 1 is 0.379 bits per heavy atom. The lowest BCUT2D eigenvalue weighted by atomic mass is 10.0. The van der Waals surface area contributed by atoms with Crippen molar-refractivity contribution in [2.75, 3.05) is 158 Å². The topological polar surface area (TPSA) is 339 Å². The third kappa shape index (κ3) is 27.3. The molecular weight excluding hydrogens is 1460 g/mol. The molecule has 4 aliphatic rings. The Balaban J connectivity index is 0.000000177. The van der Waals surface area contributed by atoms with Crippen molar-refractivity contribution in [2.45, 2.75) is 97.1 Å². The molecule has 24 nitrogen and oxygen atoms in total. The van der Waals surface area contributed by atoms with E-state index in [2.05, 4.69) is 119 Å². The fraction of sp³-hybridized carbons (Fsp3) is 0.391. The second-order valence-corrected chi connectivity index (χ2v) is 29.3. The first-order valence-electron chi connectivity index (χ1n) is 40.3. The minimum absolute atomic E-state index is 0.0176. The molecule has 4 atom stereocenters. The van der Waals surface area contributed by atoms with Crippen molar-refractivity contribution >= 4 is 114 Å². The lowest BCUT2D eigenvalue weighted by Crippen LogP contribution is -2.44. The van der Waals surface area contributed by atoms with Gasteiger partial charge in [-0.3, -0.25) is 24.1 Å². The summed E-state index contributed by atoms with van der Waals surface area (Å²) in [7, 11) is 2.15. The Morgan fingerprint density at radius 3 is 1.01 bits per heavy atom. The number of nitrogens with zero attached hydrogens (tertiary/aromatic N) is 9. The van der Waals surface area contributed by atoms with Gasteiger partial charge in [-0.2, -0.15) is 21.0 Å². The van der Waals surface area contributed by atoms with Gasteiger partial charge >= 0.3 is 0 Å². The van der Waals surface area contributed by atoms with Crippen molar-refractivity contribution in [3.8, 4) is 24.3 Å². The van der Waals surface area contributed by atoms with Crippen molar-refractivity contribution in [3.63, 3.8) is 0 Å². The third-order valence-corrected chi connectivity index (χ3v) is 20.8. The number of amides is 4. The zero-order valence-corrected chi connectivity index (χ0v) is 67.3. The van der Waals surface area contributed by atoms with Crippen LogP contribution in [0, 0.1) is 45.3 Å². The summed E-state index contributed by atoms with van der Waals surface area (Å²) in [6.07, 6.45) is 9.89. The Hall–Kier alpha value is -11.5. The predicted molar refractivity (Wildman–Crippen MR) is 462 cm³/mol. The van der Waals surface area contributed by atoms with E-state index in [1.807, 2.05) is 137 Å². The highest BCUT2D eigenvalue weighted by molar-refractivity contribution is 6.05. The van der Waals surface area contributed by atoms with Gasteiger partial charge in [-0.15, -0.1) is 0 Å². The van der Waals surface area contributed by atoms with Crippen LogP contribution in [0.2, 0.25) is 0 Å². The van der Waals surface area contributed by atoms with Crippen LogP contribution in [-0.2, 0) is 28.7 Å². The molecule has 4 aliphatic heterocycles. The normalized spacial score (nSPS) is 16.1. The summed E-state index contributed by atoms with van der Waals surface area (Å²) in [5.41, 5.74) is 7.99. The van der Waals surface area contributed by atoms with Crippen molar-refractivity contribution in [1.29, 1.82) is 21.0 Å². The lowest BCUT2D eigenvalue weighted by Gasteiger charge is -2.34. The highest BCUT2D eigenvalue weighted by Gasteiger charge is 2.20. The predicted octanol–water partition coefficient (Wildman–Crippen LogP) is 10.9. The Bertz CT molecular complexity index is 4800. The van der Waals surface area contributed by atoms with Gasteiger partial charge in [0.2, 0.25) is 0 Å². The highest BCUT2D eigenvalue weighted by Crippen LogP contribution is 2.30. The molecule has 0 aliphatic carbocycles. The summed E-state index contributed by atoms with van der Waals surface area (Å²) in [5.74, 6) is -1.88. The number of anilines is 4. The number of hydrogen-bond acceptors (Lipinski definition) is 20. The Kier molecular flexibility index (Phi) is 35.2. The molecule has 12 rings (SSSR count). The first kappa shape index (κ1) is 88.4. The van der Waals surface area contributed by atoms with Gasteiger partial charge in [0.1, 0.15) is 46.6 Å². The number of carbonyl (C=O) groups excluding carboxylic acids is 4. The lowest BCUT2D eigenvalue weighted by molar-refractivity contribution is -0.118. The number of rotatable bonds is 27. The average molecular weight is 1570 g/mol. The maximum absolute atomic E-state index is 12.2. The van der Waals surface area contributed by atoms with E-state index in [0.29, 0.717) is 25.7 Å². The number of piperazine rings is 1. The van der Waals surface area contributed by atoms with Crippen LogP contribution >= 0.6 is 0 Å². The molecule has 4 unspecified atom stereocenters. The van der Waals surface area contributed by atoms with Crippen LogP contribution in [0.1, 0.15) is 94.9 Å². The second kappa shape index (κ2) is 46.1. The molecule has 608 valence electrons. The average Bonchev–Trinajstić information content (AvgIpc) is 0.829. The molecule has 8 aromatic carbocycles. The fourth-order valence-corrected chi connectivity index (χ4v) is 13.4. The van der Waals surface area contributed by atoms with Crippen LogP contribution in [0.15, 0.2) is 168 Å². The van der Waals surface area contributed by atoms with E-state index in [1.165, 1.54) is 36.3 Å². The summed E-state index contributed by atoms with van der Waals surface area (Å²) < 4.78 is 10.8. The quantitative estimate of drug-likeness (QED) is 0.0171. The number of aliphatic hydroxyl groups is 4. The van der Waals surface area contributed by atoms with E-state index in [-0.39, 0.29) is 48.5 Å². The first-order chi connectivity index (χ1) is 56.3. The number of carbonyl (C=O) groups is 4. The molecule has 0 radical (unpaired) electrons. The highest BCUT2D eigenvalue weighted by atomic mass is 16.5. The van der Waals surface area contributed by atoms with Crippen LogP contribution in [0.5, 0.6) is 0 Å². The smallest absolute Gasteiger partial charge is 0.262 e. The number of aliphatic hydroxyl groups excluding tert-OH is 4. The first-order valence-corrected chi connectivity index (χ1v) is 40.3. The number of nitrogens with one attached hydrogen (secondary N) is 5. The maximum atomic E-state index is 12.2. The van der Waals surface area contributed by atoms with Gasteiger partial charge in [-0.05, 0) is 214 Å². The zero-order valence-electron chi connectivity index (χ0n) is 67.3. The summed E-state index contributed by atoms with van der Waals surface area (Å²) in [6, 6.07) is 56.7. The van der Waals surface area contributed by atoms with E-state index in [1.54, 1.807) is 24.3 Å². The minimum Gasteiger partial charge on any atom is -0.391 e. The summed E-state index contributed by atoms with van der Waals surface area (Å²) in [4.78, 5) is 60.6. The van der Waals surface area contributed by atoms with Crippen molar-refractivity contribution < 1.29 is 49.1 Å². The van der Waals surface area contributed by atoms with Crippen molar-refractivity contribution in [2.24, 2.45) is 0 Å². The number of benzene rings is 8. The zero-order chi connectivity index (χ0) is 82.7. The molecule has 4 heterocycles.